The molecule has 198 valence electrons. The molecule has 13 heteroatoms. The maximum Gasteiger partial charge on any atom is 0.407 e. The number of piperazine rings is 1. The molecule has 1 atom stereocenters. The molecule has 0 spiro atoms. The molecule has 1 aromatic heterocycles. The first-order valence-corrected chi connectivity index (χ1v) is 13.5. The highest BCUT2D eigenvalue weighted by Crippen LogP contribution is 2.35. The number of nitrogens with zero attached hydrogens (tertiary/aromatic N) is 4. The van der Waals surface area contributed by atoms with Crippen LogP contribution in [-0.2, 0) is 9.36 Å². The maximum absolute atomic E-state index is 13.3. The zero-order valence-electron chi connectivity index (χ0n) is 20.2. The molecule has 3 amide bonds. The lowest BCUT2D eigenvalue weighted by Gasteiger charge is -2.35. The van der Waals surface area contributed by atoms with Gasteiger partial charge in [-0.05, 0) is 6.07 Å². The molecule has 2 aromatic carbocycles. The second-order valence-electron chi connectivity index (χ2n) is 8.66. The fraction of sp³-hybridized carbons (Fsp3) is 0.240. The van der Waals surface area contributed by atoms with Gasteiger partial charge in [-0.1, -0.05) is 60.7 Å². The van der Waals surface area contributed by atoms with Crippen molar-refractivity contribution in [1.29, 1.82) is 0 Å². The molecule has 0 radical (unpaired) electrons. The van der Waals surface area contributed by atoms with Gasteiger partial charge in [-0.25, -0.2) is 14.8 Å². The third kappa shape index (κ3) is 6.80. The molecule has 1 aliphatic rings. The van der Waals surface area contributed by atoms with Gasteiger partial charge in [0.15, 0.2) is 5.82 Å². The number of benzene rings is 2. The van der Waals surface area contributed by atoms with Crippen molar-refractivity contribution in [1.82, 2.24) is 25.1 Å². The molecule has 4 N–H and O–H groups in total. The summed E-state index contributed by atoms with van der Waals surface area (Å²) in [6, 6.07) is 18.0. The minimum Gasteiger partial charge on any atom is -0.465 e. The quantitative estimate of drug-likeness (QED) is 0.327. The lowest BCUT2D eigenvalue weighted by atomic mass is 10.1. The van der Waals surface area contributed by atoms with Gasteiger partial charge in [-0.2, -0.15) is 0 Å². The van der Waals surface area contributed by atoms with Gasteiger partial charge in [-0.3, -0.25) is 14.2 Å². The second-order valence-corrected chi connectivity index (χ2v) is 10.4. The van der Waals surface area contributed by atoms with Crippen LogP contribution in [0.3, 0.4) is 0 Å². The average Bonchev–Trinajstić information content (AvgIpc) is 2.92. The van der Waals surface area contributed by atoms with Gasteiger partial charge in [0.2, 0.25) is 5.91 Å². The Labute approximate surface area is 218 Å². The Bertz CT molecular complexity index is 1300. The van der Waals surface area contributed by atoms with Crippen LogP contribution >= 0.6 is 7.60 Å². The molecule has 12 nitrogen and oxygen atoms in total. The smallest absolute Gasteiger partial charge is 0.407 e. The van der Waals surface area contributed by atoms with Crippen molar-refractivity contribution in [3.8, 4) is 22.6 Å². The lowest BCUT2D eigenvalue weighted by molar-refractivity contribution is -0.134. The highest BCUT2D eigenvalue weighted by molar-refractivity contribution is 7.51. The predicted molar refractivity (Wildman–Crippen MR) is 137 cm³/mol. The molecule has 38 heavy (non-hydrogen) atoms. The summed E-state index contributed by atoms with van der Waals surface area (Å²) >= 11 is 0. The van der Waals surface area contributed by atoms with E-state index in [-0.39, 0.29) is 37.7 Å². The van der Waals surface area contributed by atoms with Crippen molar-refractivity contribution < 1.29 is 33.8 Å². The number of carbonyl (C=O) groups excluding carboxylic acids is 2. The van der Waals surface area contributed by atoms with E-state index >= 15 is 0 Å². The fourth-order valence-corrected chi connectivity index (χ4v) is 4.75. The number of hydrogen-bond donors (Lipinski definition) is 4. The van der Waals surface area contributed by atoms with Crippen molar-refractivity contribution in [3.63, 3.8) is 0 Å². The summed E-state index contributed by atoms with van der Waals surface area (Å²) in [5, 5.41) is 11.6. The van der Waals surface area contributed by atoms with E-state index in [0.29, 0.717) is 11.3 Å². The van der Waals surface area contributed by atoms with Crippen LogP contribution < -0.4 is 5.32 Å². The van der Waals surface area contributed by atoms with Crippen molar-refractivity contribution in [2.45, 2.75) is 6.04 Å². The second kappa shape index (κ2) is 11.5. The zero-order valence-corrected chi connectivity index (χ0v) is 21.1. The van der Waals surface area contributed by atoms with Crippen LogP contribution in [-0.4, -0.2) is 91.0 Å². The van der Waals surface area contributed by atoms with Gasteiger partial charge in [0.25, 0.3) is 5.91 Å². The Hall–Kier alpha value is -4.12. The summed E-state index contributed by atoms with van der Waals surface area (Å²) in [5.41, 5.74) is 1.74. The van der Waals surface area contributed by atoms with Crippen LogP contribution in [0.5, 0.6) is 0 Å². The van der Waals surface area contributed by atoms with Gasteiger partial charge in [0.05, 0.1) is 11.9 Å². The Kier molecular flexibility index (Phi) is 8.16. The SMILES string of the molecule is O=C(N[C@@H](CP(=O)(O)O)C(=O)N1CCN(C(=O)O)CC1)c1cc(-c2ccccc2)nc(-c2ccccc2)n1. The topological polar surface area (TPSA) is 173 Å². The Morgan fingerprint density at radius 1 is 0.868 bits per heavy atom. The highest BCUT2D eigenvalue weighted by atomic mass is 31.2. The number of aromatic nitrogens is 2. The monoisotopic (exact) mass is 539 g/mol. The zero-order chi connectivity index (χ0) is 27.3. The van der Waals surface area contributed by atoms with E-state index in [1.54, 1.807) is 24.3 Å². The standard InChI is InChI=1S/C25H26N5O7P/c31-23(28-21(16-38(35,36)37)24(32)29-11-13-30(14-12-29)25(33)34)20-15-19(17-7-3-1-4-8-17)26-22(27-20)18-9-5-2-6-10-18/h1-10,15,21H,11-14,16H2,(H,28,31)(H,33,34)(H2,35,36,37)/t21-/m0/s1. The third-order valence-electron chi connectivity index (χ3n) is 5.95. The number of amides is 3. The summed E-state index contributed by atoms with van der Waals surface area (Å²) < 4.78 is 11.8. The van der Waals surface area contributed by atoms with E-state index < -0.39 is 37.7 Å². The van der Waals surface area contributed by atoms with Crippen LogP contribution in [0.1, 0.15) is 10.5 Å². The van der Waals surface area contributed by atoms with Gasteiger partial charge in [0, 0.05) is 37.3 Å². The van der Waals surface area contributed by atoms with Crippen molar-refractivity contribution in [3.05, 3.63) is 72.4 Å². The maximum atomic E-state index is 13.3. The molecule has 1 fully saturated rings. The molecule has 0 aliphatic carbocycles. The highest BCUT2D eigenvalue weighted by Gasteiger charge is 2.34. The minimum absolute atomic E-state index is 0.0302. The third-order valence-corrected chi connectivity index (χ3v) is 6.79. The number of carbonyl (C=O) groups is 3. The van der Waals surface area contributed by atoms with E-state index in [1.165, 1.54) is 11.0 Å². The van der Waals surface area contributed by atoms with Crippen LogP contribution in [0, 0.1) is 0 Å². The summed E-state index contributed by atoms with van der Waals surface area (Å²) in [6.07, 6.45) is -2.04. The summed E-state index contributed by atoms with van der Waals surface area (Å²) in [7, 11) is -4.72. The van der Waals surface area contributed by atoms with Gasteiger partial charge in [-0.15, -0.1) is 0 Å². The Morgan fingerprint density at radius 2 is 1.42 bits per heavy atom. The molecular formula is C25H26N5O7P. The van der Waals surface area contributed by atoms with Crippen molar-refractivity contribution in [2.75, 3.05) is 32.3 Å². The fourth-order valence-electron chi connectivity index (χ4n) is 4.03. The summed E-state index contributed by atoms with van der Waals surface area (Å²) in [4.78, 5) is 68.2. The van der Waals surface area contributed by atoms with Crippen LogP contribution in [0.2, 0.25) is 0 Å². The lowest BCUT2D eigenvalue weighted by Crippen LogP contribution is -2.56. The first-order chi connectivity index (χ1) is 18.1. The van der Waals surface area contributed by atoms with Crippen LogP contribution in [0.25, 0.3) is 22.6 Å². The Balaban J connectivity index is 1.63. The summed E-state index contributed by atoms with van der Waals surface area (Å²) in [5.74, 6) is -1.26. The average molecular weight is 539 g/mol. The number of carboxylic acid groups (broad SMARTS) is 1. The van der Waals surface area contributed by atoms with E-state index in [0.717, 1.165) is 10.5 Å². The summed E-state index contributed by atoms with van der Waals surface area (Å²) in [6.45, 7) is 0.153. The molecule has 4 rings (SSSR count). The van der Waals surface area contributed by atoms with Crippen LogP contribution in [0.4, 0.5) is 4.79 Å². The predicted octanol–water partition coefficient (Wildman–Crippen LogP) is 1.91. The van der Waals surface area contributed by atoms with E-state index in [2.05, 4.69) is 15.3 Å². The molecule has 1 aliphatic heterocycles. The number of hydrogen-bond acceptors (Lipinski definition) is 6. The minimum atomic E-state index is -4.72. The Morgan fingerprint density at radius 3 is 1.97 bits per heavy atom. The van der Waals surface area contributed by atoms with E-state index in [4.69, 9.17) is 5.11 Å². The van der Waals surface area contributed by atoms with Crippen LogP contribution in [0.15, 0.2) is 66.7 Å². The molecular weight excluding hydrogens is 513 g/mol. The van der Waals surface area contributed by atoms with E-state index in [9.17, 15) is 28.7 Å². The van der Waals surface area contributed by atoms with Crippen molar-refractivity contribution >= 4 is 25.5 Å². The van der Waals surface area contributed by atoms with Crippen molar-refractivity contribution in [2.24, 2.45) is 0 Å². The van der Waals surface area contributed by atoms with Gasteiger partial charge >= 0.3 is 13.7 Å². The molecule has 3 aromatic rings. The molecule has 1 saturated heterocycles. The van der Waals surface area contributed by atoms with Gasteiger partial charge < -0.3 is 30.0 Å². The molecule has 2 heterocycles. The first kappa shape index (κ1) is 26.9. The molecule has 0 unspecified atom stereocenters. The first-order valence-electron chi connectivity index (χ1n) is 11.7. The number of nitrogens with one attached hydrogen (secondary N) is 1. The molecule has 0 bridgehead atoms. The van der Waals surface area contributed by atoms with Gasteiger partial charge in [0.1, 0.15) is 11.7 Å². The number of rotatable bonds is 7. The normalized spacial score (nSPS) is 14.6. The van der Waals surface area contributed by atoms with E-state index in [1.807, 2.05) is 36.4 Å². The molecule has 0 saturated carbocycles. The largest absolute Gasteiger partial charge is 0.465 e.